The van der Waals surface area contributed by atoms with Gasteiger partial charge in [-0.15, -0.1) is 0 Å². The first-order chi connectivity index (χ1) is 11.4. The van der Waals surface area contributed by atoms with Crippen LogP contribution in [-0.2, 0) is 18.9 Å². The van der Waals surface area contributed by atoms with Crippen LogP contribution in [-0.4, -0.2) is 24.6 Å². The fourth-order valence-corrected chi connectivity index (χ4v) is 2.55. The summed E-state index contributed by atoms with van der Waals surface area (Å²) in [4.78, 5) is 41.0. The molecule has 0 aliphatic rings. The van der Waals surface area contributed by atoms with Crippen LogP contribution in [0.15, 0.2) is 46.2 Å². The van der Waals surface area contributed by atoms with E-state index >= 15 is 0 Å². The number of carbonyl (C=O) groups is 1. The number of imidazole rings is 1. The van der Waals surface area contributed by atoms with E-state index < -0.39 is 17.3 Å². The molecule has 0 bridgehead atoms. The summed E-state index contributed by atoms with van der Waals surface area (Å²) in [5.41, 5.74) is 0.195. The Labute approximate surface area is 137 Å². The lowest BCUT2D eigenvalue weighted by atomic mass is 10.2. The second-order valence-electron chi connectivity index (χ2n) is 5.56. The van der Waals surface area contributed by atoms with Gasteiger partial charge in [0.15, 0.2) is 11.2 Å². The molecule has 0 aliphatic heterocycles. The van der Waals surface area contributed by atoms with Gasteiger partial charge in [0.2, 0.25) is 5.91 Å². The van der Waals surface area contributed by atoms with Crippen molar-refractivity contribution >= 4 is 22.8 Å². The summed E-state index contributed by atoms with van der Waals surface area (Å²) < 4.78 is 3.77. The molecular weight excluding hydrogens is 310 g/mol. The highest BCUT2D eigenvalue weighted by molar-refractivity contribution is 5.94. The fraction of sp³-hybridized carbons (Fsp3) is 0.250. The zero-order chi connectivity index (χ0) is 17.4. The van der Waals surface area contributed by atoms with E-state index in [0.717, 1.165) is 4.57 Å². The second kappa shape index (κ2) is 5.80. The minimum Gasteiger partial charge on any atom is -0.324 e. The van der Waals surface area contributed by atoms with Gasteiger partial charge in [0.1, 0.15) is 6.04 Å². The van der Waals surface area contributed by atoms with Gasteiger partial charge in [-0.3, -0.25) is 18.7 Å². The number of anilines is 1. The molecule has 0 radical (unpaired) electrons. The standard InChI is InChI=1S/C16H17N5O3/c1-10(14(22)18-11-7-5-4-6-8-11)21-9-17-13-12(21)15(23)20(3)16(24)19(13)2/h4-10H,1-3H3,(H,18,22)/t10-/m0/s1. The smallest absolute Gasteiger partial charge is 0.324 e. The predicted octanol–water partition coefficient (Wildman–Crippen LogP) is 0.633. The molecule has 0 aliphatic carbocycles. The van der Waals surface area contributed by atoms with E-state index in [0.29, 0.717) is 5.69 Å². The van der Waals surface area contributed by atoms with E-state index in [1.165, 1.54) is 29.6 Å². The third-order valence-corrected chi connectivity index (χ3v) is 4.01. The topological polar surface area (TPSA) is 90.9 Å². The van der Waals surface area contributed by atoms with Crippen molar-refractivity contribution in [1.82, 2.24) is 18.7 Å². The minimum absolute atomic E-state index is 0.218. The number of para-hydroxylation sites is 1. The first-order valence-corrected chi connectivity index (χ1v) is 7.40. The SMILES string of the molecule is C[C@@H](C(=O)Nc1ccccc1)n1cnc2c1c(=O)n(C)c(=O)n2C. The summed E-state index contributed by atoms with van der Waals surface area (Å²) in [6.07, 6.45) is 1.40. The molecule has 124 valence electrons. The van der Waals surface area contributed by atoms with Gasteiger partial charge in [-0.05, 0) is 19.1 Å². The van der Waals surface area contributed by atoms with Crippen molar-refractivity contribution in [2.45, 2.75) is 13.0 Å². The van der Waals surface area contributed by atoms with E-state index in [-0.39, 0.29) is 17.1 Å². The maximum atomic E-state index is 12.5. The number of rotatable bonds is 3. The Morgan fingerprint density at radius 1 is 1.12 bits per heavy atom. The molecule has 1 N–H and O–H groups in total. The molecule has 0 spiro atoms. The van der Waals surface area contributed by atoms with Crippen molar-refractivity contribution < 1.29 is 4.79 Å². The summed E-state index contributed by atoms with van der Waals surface area (Å²) in [5.74, 6) is -0.281. The Morgan fingerprint density at radius 3 is 2.46 bits per heavy atom. The number of benzene rings is 1. The molecule has 1 aromatic carbocycles. The van der Waals surface area contributed by atoms with Crippen molar-refractivity contribution in [2.75, 3.05) is 5.32 Å². The molecule has 3 aromatic rings. The second-order valence-corrected chi connectivity index (χ2v) is 5.56. The van der Waals surface area contributed by atoms with Crippen molar-refractivity contribution in [3.8, 4) is 0 Å². The van der Waals surface area contributed by atoms with E-state index in [2.05, 4.69) is 10.3 Å². The normalized spacial score (nSPS) is 12.3. The average Bonchev–Trinajstić information content (AvgIpc) is 3.03. The largest absolute Gasteiger partial charge is 0.332 e. The molecule has 3 rings (SSSR count). The Balaban J connectivity index is 2.05. The fourth-order valence-electron chi connectivity index (χ4n) is 2.55. The Hall–Kier alpha value is -3.16. The summed E-state index contributed by atoms with van der Waals surface area (Å²) in [7, 11) is 2.94. The van der Waals surface area contributed by atoms with Crippen LogP contribution in [0.5, 0.6) is 0 Å². The minimum atomic E-state index is -0.666. The Morgan fingerprint density at radius 2 is 1.79 bits per heavy atom. The average molecular weight is 327 g/mol. The summed E-state index contributed by atoms with van der Waals surface area (Å²) in [6.45, 7) is 1.67. The summed E-state index contributed by atoms with van der Waals surface area (Å²) in [6, 6.07) is 8.38. The van der Waals surface area contributed by atoms with Crippen molar-refractivity contribution in [2.24, 2.45) is 14.1 Å². The van der Waals surface area contributed by atoms with Crippen molar-refractivity contribution in [3.63, 3.8) is 0 Å². The van der Waals surface area contributed by atoms with Crippen LogP contribution in [0, 0.1) is 0 Å². The van der Waals surface area contributed by atoms with Crippen LogP contribution >= 0.6 is 0 Å². The van der Waals surface area contributed by atoms with Crippen LogP contribution in [0.4, 0.5) is 5.69 Å². The van der Waals surface area contributed by atoms with Crippen LogP contribution in [0.25, 0.3) is 11.2 Å². The van der Waals surface area contributed by atoms with Gasteiger partial charge in [-0.2, -0.15) is 0 Å². The van der Waals surface area contributed by atoms with Crippen LogP contribution in [0.1, 0.15) is 13.0 Å². The van der Waals surface area contributed by atoms with Crippen LogP contribution in [0.3, 0.4) is 0 Å². The van der Waals surface area contributed by atoms with Gasteiger partial charge in [-0.25, -0.2) is 9.78 Å². The molecule has 0 saturated carbocycles. The van der Waals surface area contributed by atoms with Gasteiger partial charge < -0.3 is 9.88 Å². The van der Waals surface area contributed by atoms with Crippen molar-refractivity contribution in [1.29, 1.82) is 0 Å². The number of aryl methyl sites for hydroxylation is 1. The van der Waals surface area contributed by atoms with E-state index in [9.17, 15) is 14.4 Å². The highest BCUT2D eigenvalue weighted by Gasteiger charge is 2.21. The number of nitrogens with one attached hydrogen (secondary N) is 1. The Bertz CT molecular complexity index is 1030. The highest BCUT2D eigenvalue weighted by Crippen LogP contribution is 2.15. The highest BCUT2D eigenvalue weighted by atomic mass is 16.2. The van der Waals surface area contributed by atoms with Gasteiger partial charge >= 0.3 is 5.69 Å². The van der Waals surface area contributed by atoms with Gasteiger partial charge in [0, 0.05) is 19.8 Å². The molecule has 8 heteroatoms. The maximum Gasteiger partial charge on any atom is 0.332 e. The first-order valence-electron chi connectivity index (χ1n) is 7.40. The monoisotopic (exact) mass is 327 g/mol. The quantitative estimate of drug-likeness (QED) is 0.764. The first kappa shape index (κ1) is 15.7. The lowest BCUT2D eigenvalue weighted by molar-refractivity contribution is -0.118. The number of fused-ring (bicyclic) bond motifs is 1. The number of carbonyl (C=O) groups excluding carboxylic acids is 1. The lowest BCUT2D eigenvalue weighted by Gasteiger charge is -2.14. The third-order valence-electron chi connectivity index (χ3n) is 4.01. The molecule has 2 aromatic heterocycles. The maximum absolute atomic E-state index is 12.5. The number of hydrogen-bond acceptors (Lipinski definition) is 4. The van der Waals surface area contributed by atoms with E-state index in [1.54, 1.807) is 19.1 Å². The molecule has 8 nitrogen and oxygen atoms in total. The summed E-state index contributed by atoms with van der Waals surface area (Å²) >= 11 is 0. The number of nitrogens with zero attached hydrogens (tertiary/aromatic N) is 4. The number of aromatic nitrogens is 4. The molecule has 0 unspecified atom stereocenters. The molecule has 1 atom stereocenters. The number of hydrogen-bond donors (Lipinski definition) is 1. The van der Waals surface area contributed by atoms with Gasteiger partial charge in [0.25, 0.3) is 5.56 Å². The molecular formula is C16H17N5O3. The molecule has 1 amide bonds. The van der Waals surface area contributed by atoms with Crippen LogP contribution in [0.2, 0.25) is 0 Å². The molecule has 0 saturated heterocycles. The number of amides is 1. The van der Waals surface area contributed by atoms with Crippen LogP contribution < -0.4 is 16.6 Å². The van der Waals surface area contributed by atoms with E-state index in [4.69, 9.17) is 0 Å². The third kappa shape index (κ3) is 2.41. The summed E-state index contributed by atoms with van der Waals surface area (Å²) in [5, 5.41) is 2.79. The van der Waals surface area contributed by atoms with Crippen molar-refractivity contribution in [3.05, 3.63) is 57.5 Å². The van der Waals surface area contributed by atoms with Gasteiger partial charge in [-0.1, -0.05) is 18.2 Å². The molecule has 24 heavy (non-hydrogen) atoms. The van der Waals surface area contributed by atoms with Gasteiger partial charge in [0.05, 0.1) is 6.33 Å². The molecule has 0 fully saturated rings. The van der Waals surface area contributed by atoms with E-state index in [1.807, 2.05) is 18.2 Å². The Kier molecular flexibility index (Phi) is 3.80. The zero-order valence-corrected chi connectivity index (χ0v) is 13.6. The lowest BCUT2D eigenvalue weighted by Crippen LogP contribution is -2.38. The molecule has 2 heterocycles. The zero-order valence-electron chi connectivity index (χ0n) is 13.6. The predicted molar refractivity (Wildman–Crippen MR) is 90.0 cm³/mol.